The van der Waals surface area contributed by atoms with E-state index in [4.69, 9.17) is 20.0 Å². The fourth-order valence-corrected chi connectivity index (χ4v) is 2.16. The molecule has 8 heteroatoms. The van der Waals surface area contributed by atoms with Crippen LogP contribution in [0.1, 0.15) is 42.0 Å². The molecule has 1 aromatic carbocycles. The van der Waals surface area contributed by atoms with E-state index in [1.54, 1.807) is 0 Å². The van der Waals surface area contributed by atoms with E-state index >= 15 is 0 Å². The van der Waals surface area contributed by atoms with Crippen molar-refractivity contribution in [3.05, 3.63) is 33.9 Å². The molecule has 0 heterocycles. The van der Waals surface area contributed by atoms with Crippen LogP contribution in [0, 0.1) is 41.2 Å². The molecule has 0 fully saturated rings. The van der Waals surface area contributed by atoms with Crippen LogP contribution >= 0.6 is 0 Å². The van der Waals surface area contributed by atoms with Crippen LogP contribution in [-0.2, 0) is 19.1 Å². The van der Waals surface area contributed by atoms with Crippen LogP contribution in [0.4, 0.5) is 8.78 Å². The van der Waals surface area contributed by atoms with E-state index in [9.17, 15) is 18.4 Å². The predicted octanol–water partition coefficient (Wildman–Crippen LogP) is 2.23. The average Bonchev–Trinajstić information content (AvgIpc) is 2.54. The van der Waals surface area contributed by atoms with Crippen LogP contribution in [0.25, 0.3) is 0 Å². The first-order chi connectivity index (χ1) is 11.3. The Morgan fingerprint density at radius 3 is 1.79 bits per heavy atom. The summed E-state index contributed by atoms with van der Waals surface area (Å²) in [6.45, 7) is 3.85. The predicted molar refractivity (Wildman–Crippen MR) is 76.5 cm³/mol. The highest BCUT2D eigenvalue weighted by molar-refractivity contribution is 6.01. The van der Waals surface area contributed by atoms with E-state index in [1.807, 2.05) is 0 Å². The summed E-state index contributed by atoms with van der Waals surface area (Å²) in [4.78, 5) is 24.1. The Kier molecular flexibility index (Phi) is 6.37. The summed E-state index contributed by atoms with van der Waals surface area (Å²) in [6.07, 6.45) is 0. The zero-order valence-electron chi connectivity index (χ0n) is 13.3. The molecule has 1 aromatic rings. The molecule has 0 aromatic heterocycles. The van der Waals surface area contributed by atoms with Crippen molar-refractivity contribution < 1.29 is 27.8 Å². The number of hydrogen-bond donors (Lipinski definition) is 0. The minimum Gasteiger partial charge on any atom is -0.465 e. The lowest BCUT2D eigenvalue weighted by molar-refractivity contribution is -0.157. The van der Waals surface area contributed by atoms with E-state index in [-0.39, 0.29) is 13.2 Å². The first-order valence-corrected chi connectivity index (χ1v) is 7.00. The molecule has 0 N–H and O–H groups in total. The molecule has 0 atom stereocenters. The van der Waals surface area contributed by atoms with Crippen molar-refractivity contribution in [3.63, 3.8) is 0 Å². The summed E-state index contributed by atoms with van der Waals surface area (Å²) < 4.78 is 38.4. The topological polar surface area (TPSA) is 100 Å². The van der Waals surface area contributed by atoms with Gasteiger partial charge in [-0.05, 0) is 26.3 Å². The van der Waals surface area contributed by atoms with Gasteiger partial charge in [0.1, 0.15) is 34.9 Å². The van der Waals surface area contributed by atoms with Gasteiger partial charge in [-0.1, -0.05) is 0 Å². The highest BCUT2D eigenvalue weighted by atomic mass is 19.1. The van der Waals surface area contributed by atoms with E-state index in [1.165, 1.54) is 26.0 Å². The number of carbonyl (C=O) groups is 2. The monoisotopic (exact) mass is 336 g/mol. The first-order valence-electron chi connectivity index (χ1n) is 7.00. The number of benzene rings is 1. The van der Waals surface area contributed by atoms with E-state index in [0.717, 1.165) is 6.92 Å². The zero-order chi connectivity index (χ0) is 18.4. The van der Waals surface area contributed by atoms with Crippen molar-refractivity contribution >= 4 is 11.9 Å². The molecule has 0 radical (unpaired) electrons. The maximum atomic E-state index is 14.7. The third-order valence-corrected chi connectivity index (χ3v) is 3.22. The molecular formula is C16H14F2N2O4. The Labute approximate surface area is 137 Å². The molecular weight excluding hydrogens is 322 g/mol. The lowest BCUT2D eigenvalue weighted by Gasteiger charge is -2.19. The standard InChI is InChI=1S/C16H14F2N2O4/c1-4-23-15(21)12(16(22)24-5-2)11-8(3)13(17)9(6-19)10(7-20)14(11)18/h12H,4-5H2,1-3H3. The molecule has 0 spiro atoms. The molecule has 0 unspecified atom stereocenters. The van der Waals surface area contributed by atoms with Gasteiger partial charge in [0, 0.05) is 5.56 Å². The number of esters is 2. The largest absolute Gasteiger partial charge is 0.465 e. The molecule has 0 saturated carbocycles. The molecule has 0 aliphatic rings. The molecule has 0 saturated heterocycles. The van der Waals surface area contributed by atoms with E-state index < -0.39 is 51.7 Å². The summed E-state index contributed by atoms with van der Waals surface area (Å²) in [5.74, 6) is -6.65. The third-order valence-electron chi connectivity index (χ3n) is 3.22. The van der Waals surface area contributed by atoms with Crippen LogP contribution in [0.5, 0.6) is 0 Å². The van der Waals surface area contributed by atoms with Crippen LogP contribution in [0.15, 0.2) is 0 Å². The van der Waals surface area contributed by atoms with Gasteiger partial charge in [0.15, 0.2) is 5.92 Å². The molecule has 0 amide bonds. The van der Waals surface area contributed by atoms with Gasteiger partial charge in [0.05, 0.1) is 13.2 Å². The summed E-state index contributed by atoms with van der Waals surface area (Å²) in [6, 6.07) is 2.78. The maximum Gasteiger partial charge on any atom is 0.325 e. The Morgan fingerprint density at radius 2 is 1.42 bits per heavy atom. The van der Waals surface area contributed by atoms with Crippen LogP contribution in [-0.4, -0.2) is 25.2 Å². The number of rotatable bonds is 5. The van der Waals surface area contributed by atoms with Gasteiger partial charge < -0.3 is 9.47 Å². The summed E-state index contributed by atoms with van der Waals surface area (Å²) in [5.41, 5.74) is -2.77. The van der Waals surface area contributed by atoms with Gasteiger partial charge in [-0.3, -0.25) is 9.59 Å². The van der Waals surface area contributed by atoms with Gasteiger partial charge in [0.2, 0.25) is 0 Å². The molecule has 1 rings (SSSR count). The Balaban J connectivity index is 3.75. The smallest absolute Gasteiger partial charge is 0.325 e. The van der Waals surface area contributed by atoms with Crippen LogP contribution < -0.4 is 0 Å². The average molecular weight is 336 g/mol. The second-order valence-corrected chi connectivity index (χ2v) is 4.58. The van der Waals surface area contributed by atoms with Crippen LogP contribution in [0.3, 0.4) is 0 Å². The molecule has 0 bridgehead atoms. The zero-order valence-corrected chi connectivity index (χ0v) is 13.3. The van der Waals surface area contributed by atoms with E-state index in [0.29, 0.717) is 0 Å². The normalized spacial score (nSPS) is 10.0. The van der Waals surface area contributed by atoms with Gasteiger partial charge in [-0.15, -0.1) is 0 Å². The van der Waals surface area contributed by atoms with Crippen LogP contribution in [0.2, 0.25) is 0 Å². The number of ether oxygens (including phenoxy) is 2. The maximum absolute atomic E-state index is 14.7. The number of hydrogen-bond acceptors (Lipinski definition) is 6. The fraction of sp³-hybridized carbons (Fsp3) is 0.375. The van der Waals surface area contributed by atoms with Gasteiger partial charge in [-0.25, -0.2) is 8.78 Å². The molecule has 126 valence electrons. The Bertz CT molecular complexity index is 745. The Hall–Kier alpha value is -3.00. The molecule has 24 heavy (non-hydrogen) atoms. The third kappa shape index (κ3) is 3.33. The second-order valence-electron chi connectivity index (χ2n) is 4.58. The lowest BCUT2D eigenvalue weighted by atomic mass is 9.89. The summed E-state index contributed by atoms with van der Waals surface area (Å²) in [7, 11) is 0. The van der Waals surface area contributed by atoms with Crippen molar-refractivity contribution in [2.75, 3.05) is 13.2 Å². The highest BCUT2D eigenvalue weighted by Crippen LogP contribution is 2.32. The first kappa shape index (κ1) is 19.0. The summed E-state index contributed by atoms with van der Waals surface area (Å²) in [5, 5.41) is 17.9. The van der Waals surface area contributed by atoms with Gasteiger partial charge in [0.25, 0.3) is 0 Å². The fourth-order valence-electron chi connectivity index (χ4n) is 2.16. The minimum atomic E-state index is -1.89. The van der Waals surface area contributed by atoms with Crippen molar-refractivity contribution in [2.24, 2.45) is 0 Å². The van der Waals surface area contributed by atoms with Crippen molar-refractivity contribution in [3.8, 4) is 12.1 Å². The number of nitriles is 2. The highest BCUT2D eigenvalue weighted by Gasteiger charge is 2.38. The molecule has 0 aliphatic heterocycles. The van der Waals surface area contributed by atoms with Crippen molar-refractivity contribution in [2.45, 2.75) is 26.7 Å². The number of carbonyl (C=O) groups excluding carboxylic acids is 2. The Morgan fingerprint density at radius 1 is 1.00 bits per heavy atom. The quantitative estimate of drug-likeness (QED) is 0.604. The minimum absolute atomic E-state index is 0.0979. The van der Waals surface area contributed by atoms with E-state index in [2.05, 4.69) is 0 Å². The van der Waals surface area contributed by atoms with Crippen molar-refractivity contribution in [1.82, 2.24) is 0 Å². The SMILES string of the molecule is CCOC(=O)C(C(=O)OCC)c1c(C)c(F)c(C#N)c(C#N)c1F. The van der Waals surface area contributed by atoms with Crippen molar-refractivity contribution in [1.29, 1.82) is 10.5 Å². The molecule has 6 nitrogen and oxygen atoms in total. The summed E-state index contributed by atoms with van der Waals surface area (Å²) >= 11 is 0. The lowest BCUT2D eigenvalue weighted by Crippen LogP contribution is -2.28. The number of halogens is 2. The van der Waals surface area contributed by atoms with Gasteiger partial charge >= 0.3 is 11.9 Å². The van der Waals surface area contributed by atoms with Gasteiger partial charge in [-0.2, -0.15) is 10.5 Å². The molecule has 0 aliphatic carbocycles. The second kappa shape index (κ2) is 8.02. The number of nitrogens with zero attached hydrogens (tertiary/aromatic N) is 2.